The zero-order valence-electron chi connectivity index (χ0n) is 8.25. The highest BCUT2D eigenvalue weighted by Gasteiger charge is 2.26. The van der Waals surface area contributed by atoms with Gasteiger partial charge in [0.05, 0.1) is 5.69 Å². The maximum absolute atomic E-state index is 11.1. The molecular formula is C10H13IN2O. The van der Waals surface area contributed by atoms with E-state index in [-0.39, 0.29) is 5.91 Å². The Morgan fingerprint density at radius 3 is 2.79 bits per heavy atom. The van der Waals surface area contributed by atoms with Crippen LogP contribution in [0.2, 0.25) is 0 Å². The van der Waals surface area contributed by atoms with E-state index in [1.807, 2.05) is 26.0 Å². The predicted molar refractivity (Wildman–Crippen MR) is 63.6 cm³/mol. The van der Waals surface area contributed by atoms with Gasteiger partial charge in [-0.2, -0.15) is 0 Å². The van der Waals surface area contributed by atoms with Crippen LogP contribution in [0.1, 0.15) is 19.5 Å². The summed E-state index contributed by atoms with van der Waals surface area (Å²) in [6.45, 7) is 3.67. The van der Waals surface area contributed by atoms with E-state index in [2.05, 4.69) is 27.6 Å². The van der Waals surface area contributed by atoms with Crippen molar-refractivity contribution in [2.75, 3.05) is 0 Å². The van der Waals surface area contributed by atoms with Crippen molar-refractivity contribution in [1.82, 2.24) is 4.98 Å². The normalized spacial score (nSPS) is 11.4. The van der Waals surface area contributed by atoms with Crippen molar-refractivity contribution in [1.29, 1.82) is 0 Å². The average Bonchev–Trinajstić information content (AvgIpc) is 2.08. The molecule has 3 nitrogen and oxygen atoms in total. The second-order valence-electron chi connectivity index (χ2n) is 3.86. The Kier molecular flexibility index (Phi) is 3.47. The van der Waals surface area contributed by atoms with Crippen LogP contribution in [-0.4, -0.2) is 10.9 Å². The van der Waals surface area contributed by atoms with Crippen LogP contribution >= 0.6 is 22.6 Å². The van der Waals surface area contributed by atoms with Gasteiger partial charge in [-0.25, -0.2) is 0 Å². The van der Waals surface area contributed by atoms with E-state index in [9.17, 15) is 4.79 Å². The third kappa shape index (κ3) is 2.67. The number of pyridine rings is 1. The van der Waals surface area contributed by atoms with Crippen molar-refractivity contribution >= 4 is 28.5 Å². The monoisotopic (exact) mass is 304 g/mol. The molecule has 0 aliphatic heterocycles. The van der Waals surface area contributed by atoms with Crippen molar-refractivity contribution in [3.8, 4) is 0 Å². The third-order valence-corrected chi connectivity index (χ3v) is 3.09. The van der Waals surface area contributed by atoms with E-state index >= 15 is 0 Å². The molecule has 0 aromatic carbocycles. The average molecular weight is 304 g/mol. The van der Waals surface area contributed by atoms with Gasteiger partial charge in [0.1, 0.15) is 0 Å². The molecule has 4 heteroatoms. The van der Waals surface area contributed by atoms with Gasteiger partial charge < -0.3 is 5.73 Å². The van der Waals surface area contributed by atoms with E-state index in [1.165, 1.54) is 0 Å². The Balaban J connectivity index is 2.89. The van der Waals surface area contributed by atoms with Crippen LogP contribution in [0.4, 0.5) is 0 Å². The third-order valence-electron chi connectivity index (χ3n) is 2.11. The number of nitrogens with zero attached hydrogens (tertiary/aromatic N) is 1. The molecule has 0 aliphatic rings. The Hall–Kier alpha value is -0.650. The fourth-order valence-electron chi connectivity index (χ4n) is 1.05. The SMILES string of the molecule is CC(C)(Cc1ncccc1I)C(N)=O. The summed E-state index contributed by atoms with van der Waals surface area (Å²) in [5.41, 5.74) is 5.69. The van der Waals surface area contributed by atoms with Crippen LogP contribution in [0, 0.1) is 8.99 Å². The molecule has 1 aromatic rings. The van der Waals surface area contributed by atoms with Crippen molar-refractivity contribution in [2.45, 2.75) is 20.3 Å². The number of rotatable bonds is 3. The number of halogens is 1. The van der Waals surface area contributed by atoms with Gasteiger partial charge in [0, 0.05) is 21.6 Å². The first-order valence-electron chi connectivity index (χ1n) is 4.33. The second-order valence-corrected chi connectivity index (χ2v) is 5.02. The van der Waals surface area contributed by atoms with Gasteiger partial charge in [0.2, 0.25) is 5.91 Å². The first-order valence-corrected chi connectivity index (χ1v) is 5.40. The Morgan fingerprint density at radius 1 is 1.64 bits per heavy atom. The van der Waals surface area contributed by atoms with Crippen LogP contribution in [0.15, 0.2) is 18.3 Å². The van der Waals surface area contributed by atoms with Crippen molar-refractivity contribution in [3.05, 3.63) is 27.6 Å². The lowest BCUT2D eigenvalue weighted by molar-refractivity contribution is -0.125. The smallest absolute Gasteiger partial charge is 0.223 e. The zero-order valence-corrected chi connectivity index (χ0v) is 10.4. The lowest BCUT2D eigenvalue weighted by Crippen LogP contribution is -2.33. The summed E-state index contributed by atoms with van der Waals surface area (Å²) in [5.74, 6) is -0.293. The largest absolute Gasteiger partial charge is 0.369 e. The summed E-state index contributed by atoms with van der Waals surface area (Å²) in [4.78, 5) is 15.4. The molecule has 1 rings (SSSR count). The van der Waals surface area contributed by atoms with Crippen molar-refractivity contribution < 1.29 is 4.79 Å². The van der Waals surface area contributed by atoms with Crippen LogP contribution in [0.3, 0.4) is 0 Å². The maximum atomic E-state index is 11.1. The van der Waals surface area contributed by atoms with Gasteiger partial charge in [-0.1, -0.05) is 13.8 Å². The Labute approximate surface area is 97.2 Å². The number of nitrogens with two attached hydrogens (primary N) is 1. The fourth-order valence-corrected chi connectivity index (χ4v) is 1.59. The molecule has 0 fully saturated rings. The van der Waals surface area contributed by atoms with Crippen LogP contribution in [0.25, 0.3) is 0 Å². The zero-order chi connectivity index (χ0) is 10.8. The van der Waals surface area contributed by atoms with E-state index in [4.69, 9.17) is 5.73 Å². The number of carbonyl (C=O) groups is 1. The van der Waals surface area contributed by atoms with E-state index in [0.717, 1.165) is 9.26 Å². The molecule has 76 valence electrons. The van der Waals surface area contributed by atoms with E-state index in [1.54, 1.807) is 6.20 Å². The van der Waals surface area contributed by atoms with Gasteiger partial charge in [0.15, 0.2) is 0 Å². The lowest BCUT2D eigenvalue weighted by atomic mass is 9.87. The minimum Gasteiger partial charge on any atom is -0.369 e. The fraction of sp³-hybridized carbons (Fsp3) is 0.400. The molecule has 2 N–H and O–H groups in total. The van der Waals surface area contributed by atoms with Crippen LogP contribution in [0.5, 0.6) is 0 Å². The van der Waals surface area contributed by atoms with Gasteiger partial charge in [-0.15, -0.1) is 0 Å². The van der Waals surface area contributed by atoms with Gasteiger partial charge in [0.25, 0.3) is 0 Å². The number of amides is 1. The summed E-state index contributed by atoms with van der Waals surface area (Å²) < 4.78 is 1.07. The summed E-state index contributed by atoms with van der Waals surface area (Å²) in [7, 11) is 0. The molecule has 0 spiro atoms. The van der Waals surface area contributed by atoms with E-state index in [0.29, 0.717) is 6.42 Å². The number of aromatic nitrogens is 1. The van der Waals surface area contributed by atoms with Gasteiger partial charge >= 0.3 is 0 Å². The Bertz CT molecular complexity index is 350. The topological polar surface area (TPSA) is 56.0 Å². The summed E-state index contributed by atoms with van der Waals surface area (Å²) in [5, 5.41) is 0. The predicted octanol–water partition coefficient (Wildman–Crippen LogP) is 1.74. The highest BCUT2D eigenvalue weighted by molar-refractivity contribution is 14.1. The number of primary amides is 1. The molecule has 0 aliphatic carbocycles. The number of hydrogen-bond acceptors (Lipinski definition) is 2. The molecule has 1 aromatic heterocycles. The molecule has 1 amide bonds. The van der Waals surface area contributed by atoms with Crippen molar-refractivity contribution in [3.63, 3.8) is 0 Å². The minimum atomic E-state index is -0.533. The van der Waals surface area contributed by atoms with Gasteiger partial charge in [-0.3, -0.25) is 9.78 Å². The standard InChI is InChI=1S/C10H13IN2O/c1-10(2,9(12)14)6-8-7(11)4-3-5-13-8/h3-5H,6H2,1-2H3,(H2,12,14). The molecule has 0 atom stereocenters. The highest BCUT2D eigenvalue weighted by Crippen LogP contribution is 2.22. The first kappa shape index (κ1) is 11.4. The van der Waals surface area contributed by atoms with E-state index < -0.39 is 5.41 Å². The van der Waals surface area contributed by atoms with Crippen LogP contribution < -0.4 is 5.73 Å². The Morgan fingerprint density at radius 2 is 2.29 bits per heavy atom. The maximum Gasteiger partial charge on any atom is 0.223 e. The molecule has 0 saturated carbocycles. The molecule has 14 heavy (non-hydrogen) atoms. The molecule has 0 unspecified atom stereocenters. The molecule has 0 saturated heterocycles. The number of carbonyl (C=O) groups excluding carboxylic acids is 1. The molecule has 0 radical (unpaired) electrons. The van der Waals surface area contributed by atoms with Gasteiger partial charge in [-0.05, 0) is 34.7 Å². The summed E-state index contributed by atoms with van der Waals surface area (Å²) in [6, 6.07) is 3.85. The lowest BCUT2D eigenvalue weighted by Gasteiger charge is -2.20. The first-order chi connectivity index (χ1) is 6.43. The minimum absolute atomic E-state index is 0.293. The molecule has 0 bridgehead atoms. The second kappa shape index (κ2) is 4.25. The van der Waals surface area contributed by atoms with Crippen molar-refractivity contribution in [2.24, 2.45) is 11.1 Å². The molecular weight excluding hydrogens is 291 g/mol. The highest BCUT2D eigenvalue weighted by atomic mass is 127. The molecule has 1 heterocycles. The summed E-state index contributed by atoms with van der Waals surface area (Å²) in [6.07, 6.45) is 2.32. The summed E-state index contributed by atoms with van der Waals surface area (Å²) >= 11 is 2.21. The quantitative estimate of drug-likeness (QED) is 0.865. The van der Waals surface area contributed by atoms with Crippen LogP contribution in [-0.2, 0) is 11.2 Å². The number of hydrogen-bond donors (Lipinski definition) is 1.